The lowest BCUT2D eigenvalue weighted by Crippen LogP contribution is -2.16. The van der Waals surface area contributed by atoms with Crippen molar-refractivity contribution in [3.05, 3.63) is 34.9 Å². The zero-order valence-corrected chi connectivity index (χ0v) is 8.18. The lowest BCUT2D eigenvalue weighted by atomic mass is 9.97. The van der Waals surface area contributed by atoms with Crippen LogP contribution in [0.25, 0.3) is 0 Å². The molecule has 0 saturated carbocycles. The van der Waals surface area contributed by atoms with Crippen molar-refractivity contribution in [1.29, 1.82) is 0 Å². The number of rotatable bonds is 2. The summed E-state index contributed by atoms with van der Waals surface area (Å²) in [6.45, 7) is 4.21. The fourth-order valence-corrected chi connectivity index (χ4v) is 1.30. The van der Waals surface area contributed by atoms with Crippen molar-refractivity contribution < 1.29 is 0 Å². The van der Waals surface area contributed by atoms with Gasteiger partial charge in [0.05, 0.1) is 0 Å². The molecule has 2 N–H and O–H groups in total. The summed E-state index contributed by atoms with van der Waals surface area (Å²) in [7, 11) is 0. The van der Waals surface area contributed by atoms with Crippen molar-refractivity contribution in [2.45, 2.75) is 19.9 Å². The smallest absolute Gasteiger partial charge is 0.0409 e. The molecule has 1 nitrogen and oxygen atoms in total. The van der Waals surface area contributed by atoms with Crippen LogP contribution in [0.1, 0.15) is 25.5 Å². The van der Waals surface area contributed by atoms with Gasteiger partial charge in [0.1, 0.15) is 0 Å². The Hall–Kier alpha value is -0.530. The molecule has 0 spiro atoms. The monoisotopic (exact) mass is 183 g/mol. The van der Waals surface area contributed by atoms with Gasteiger partial charge in [-0.15, -0.1) is 0 Å². The summed E-state index contributed by atoms with van der Waals surface area (Å²) in [4.78, 5) is 0. The number of hydrogen-bond acceptors (Lipinski definition) is 1. The highest BCUT2D eigenvalue weighted by atomic mass is 35.5. The zero-order chi connectivity index (χ0) is 9.14. The first kappa shape index (κ1) is 9.56. The quantitative estimate of drug-likeness (QED) is 0.750. The number of halogens is 1. The van der Waals surface area contributed by atoms with E-state index in [0.717, 1.165) is 10.6 Å². The minimum atomic E-state index is 0.0868. The molecule has 66 valence electrons. The lowest BCUT2D eigenvalue weighted by molar-refractivity contribution is 0.514. The first-order valence-corrected chi connectivity index (χ1v) is 4.50. The van der Waals surface area contributed by atoms with Crippen LogP contribution in [0.4, 0.5) is 0 Å². The minimum Gasteiger partial charge on any atom is -0.324 e. The van der Waals surface area contributed by atoms with Crippen molar-refractivity contribution in [2.75, 3.05) is 0 Å². The largest absolute Gasteiger partial charge is 0.324 e. The molecule has 2 heteroatoms. The SMILES string of the molecule is CC(C)[C@@H](N)c1cccc(Cl)c1. The molecule has 0 fully saturated rings. The van der Waals surface area contributed by atoms with Crippen molar-refractivity contribution in [3.8, 4) is 0 Å². The molecule has 1 aromatic rings. The summed E-state index contributed by atoms with van der Waals surface area (Å²) in [5, 5.41) is 0.753. The Kier molecular flexibility index (Phi) is 3.12. The van der Waals surface area contributed by atoms with Gasteiger partial charge in [0, 0.05) is 11.1 Å². The fraction of sp³-hybridized carbons (Fsp3) is 0.400. The Morgan fingerprint density at radius 2 is 2.00 bits per heavy atom. The molecule has 0 aliphatic heterocycles. The third-order valence-electron chi connectivity index (χ3n) is 1.95. The molecule has 0 saturated heterocycles. The van der Waals surface area contributed by atoms with Crippen LogP contribution in [0.15, 0.2) is 24.3 Å². The van der Waals surface area contributed by atoms with E-state index < -0.39 is 0 Å². The molecule has 1 atom stereocenters. The van der Waals surface area contributed by atoms with Crippen LogP contribution < -0.4 is 5.73 Å². The van der Waals surface area contributed by atoms with Gasteiger partial charge in [-0.1, -0.05) is 37.6 Å². The van der Waals surface area contributed by atoms with Crippen LogP contribution in [-0.2, 0) is 0 Å². The summed E-state index contributed by atoms with van der Waals surface area (Å²) in [6.07, 6.45) is 0. The van der Waals surface area contributed by atoms with Gasteiger partial charge < -0.3 is 5.73 Å². The Morgan fingerprint density at radius 3 is 2.50 bits per heavy atom. The molecule has 0 radical (unpaired) electrons. The van der Waals surface area contributed by atoms with E-state index >= 15 is 0 Å². The predicted octanol–water partition coefficient (Wildman–Crippen LogP) is 3.00. The first-order chi connectivity index (χ1) is 5.61. The highest BCUT2D eigenvalue weighted by Gasteiger charge is 2.09. The van der Waals surface area contributed by atoms with Crippen LogP contribution in [0.5, 0.6) is 0 Å². The van der Waals surface area contributed by atoms with Crippen LogP contribution >= 0.6 is 11.6 Å². The van der Waals surface area contributed by atoms with Gasteiger partial charge in [0.15, 0.2) is 0 Å². The van der Waals surface area contributed by atoms with Gasteiger partial charge >= 0.3 is 0 Å². The molecule has 1 aromatic carbocycles. The summed E-state index contributed by atoms with van der Waals surface area (Å²) in [6, 6.07) is 7.81. The van der Waals surface area contributed by atoms with Crippen molar-refractivity contribution in [1.82, 2.24) is 0 Å². The molecule has 1 rings (SSSR count). The maximum absolute atomic E-state index is 5.95. The summed E-state index contributed by atoms with van der Waals surface area (Å²) in [5.41, 5.74) is 7.06. The van der Waals surface area contributed by atoms with Gasteiger partial charge in [-0.2, -0.15) is 0 Å². The zero-order valence-electron chi connectivity index (χ0n) is 7.42. The Balaban J connectivity index is 2.88. The molecule has 0 aromatic heterocycles. The number of nitrogens with two attached hydrogens (primary N) is 1. The maximum atomic E-state index is 5.95. The Bertz CT molecular complexity index is 258. The highest BCUT2D eigenvalue weighted by molar-refractivity contribution is 6.30. The van der Waals surface area contributed by atoms with E-state index in [-0.39, 0.29) is 6.04 Å². The average Bonchev–Trinajstić information content (AvgIpc) is 2.03. The van der Waals surface area contributed by atoms with Crippen molar-refractivity contribution in [3.63, 3.8) is 0 Å². The van der Waals surface area contributed by atoms with E-state index in [1.807, 2.05) is 24.3 Å². The molecule has 0 aliphatic rings. The van der Waals surface area contributed by atoms with Gasteiger partial charge in [0.25, 0.3) is 0 Å². The maximum Gasteiger partial charge on any atom is 0.0409 e. The van der Waals surface area contributed by atoms with Gasteiger partial charge in [-0.05, 0) is 23.6 Å². The second-order valence-corrected chi connectivity index (χ2v) is 3.76. The van der Waals surface area contributed by atoms with Gasteiger partial charge in [0.2, 0.25) is 0 Å². The Labute approximate surface area is 78.5 Å². The summed E-state index contributed by atoms with van der Waals surface area (Å²) in [5.74, 6) is 0.448. The van der Waals surface area contributed by atoms with Crippen LogP contribution in [-0.4, -0.2) is 0 Å². The second kappa shape index (κ2) is 3.92. The van der Waals surface area contributed by atoms with Gasteiger partial charge in [-0.25, -0.2) is 0 Å². The van der Waals surface area contributed by atoms with E-state index in [0.29, 0.717) is 5.92 Å². The van der Waals surface area contributed by atoms with E-state index in [9.17, 15) is 0 Å². The molecule has 0 unspecified atom stereocenters. The van der Waals surface area contributed by atoms with E-state index in [2.05, 4.69) is 13.8 Å². The normalized spacial score (nSPS) is 13.4. The third kappa shape index (κ3) is 2.23. The molecule has 0 bridgehead atoms. The van der Waals surface area contributed by atoms with E-state index in [4.69, 9.17) is 17.3 Å². The van der Waals surface area contributed by atoms with Crippen LogP contribution in [0, 0.1) is 5.92 Å². The average molecular weight is 184 g/mol. The van der Waals surface area contributed by atoms with E-state index in [1.54, 1.807) is 0 Å². The molecular formula is C10H14ClN. The molecular weight excluding hydrogens is 170 g/mol. The first-order valence-electron chi connectivity index (χ1n) is 4.12. The topological polar surface area (TPSA) is 26.0 Å². The standard InChI is InChI=1S/C10H14ClN/c1-7(2)10(12)8-4-3-5-9(11)6-8/h3-7,10H,12H2,1-2H3/t10-/m1/s1. The summed E-state index contributed by atoms with van der Waals surface area (Å²) >= 11 is 5.84. The van der Waals surface area contributed by atoms with Gasteiger partial charge in [-0.3, -0.25) is 0 Å². The molecule has 0 heterocycles. The molecule has 0 aliphatic carbocycles. The molecule has 12 heavy (non-hydrogen) atoms. The number of hydrogen-bond donors (Lipinski definition) is 1. The fourth-order valence-electron chi connectivity index (χ4n) is 1.10. The highest BCUT2D eigenvalue weighted by Crippen LogP contribution is 2.21. The van der Waals surface area contributed by atoms with E-state index in [1.165, 1.54) is 0 Å². The van der Waals surface area contributed by atoms with Crippen molar-refractivity contribution in [2.24, 2.45) is 11.7 Å². The Morgan fingerprint density at radius 1 is 1.33 bits per heavy atom. The number of benzene rings is 1. The molecule has 0 amide bonds. The van der Waals surface area contributed by atoms with Crippen LogP contribution in [0.2, 0.25) is 5.02 Å². The lowest BCUT2D eigenvalue weighted by Gasteiger charge is -2.15. The second-order valence-electron chi connectivity index (χ2n) is 3.32. The summed E-state index contributed by atoms with van der Waals surface area (Å²) < 4.78 is 0. The third-order valence-corrected chi connectivity index (χ3v) is 2.19. The predicted molar refractivity (Wildman–Crippen MR) is 53.2 cm³/mol. The minimum absolute atomic E-state index is 0.0868. The van der Waals surface area contributed by atoms with Crippen LogP contribution in [0.3, 0.4) is 0 Å². The van der Waals surface area contributed by atoms with Crippen molar-refractivity contribution >= 4 is 11.6 Å².